The van der Waals surface area contributed by atoms with Gasteiger partial charge in [0.2, 0.25) is 0 Å². The van der Waals surface area contributed by atoms with E-state index in [2.05, 4.69) is 5.32 Å². The third kappa shape index (κ3) is 3.13. The Bertz CT molecular complexity index is 321. The molecule has 82 valence electrons. The van der Waals surface area contributed by atoms with E-state index in [1.165, 1.54) is 24.3 Å². The van der Waals surface area contributed by atoms with Gasteiger partial charge >= 0.3 is 0 Å². The van der Waals surface area contributed by atoms with Crippen LogP contribution in [0.4, 0.5) is 4.39 Å². The van der Waals surface area contributed by atoms with Gasteiger partial charge in [0, 0.05) is 5.56 Å². The number of likely N-dealkylation sites (N-methyl/N-ethyl adjacent to an activating group) is 1. The van der Waals surface area contributed by atoms with Crippen LogP contribution in [-0.4, -0.2) is 18.9 Å². The molecule has 0 aliphatic carbocycles. The maximum atomic E-state index is 12.7. The van der Waals surface area contributed by atoms with E-state index in [-0.39, 0.29) is 17.6 Å². The summed E-state index contributed by atoms with van der Waals surface area (Å²) < 4.78 is 12.7. The van der Waals surface area contributed by atoms with Gasteiger partial charge in [-0.05, 0) is 37.7 Å². The molecule has 0 radical (unpaired) electrons. The molecule has 0 saturated heterocycles. The molecular weight excluding hydrogens is 193 g/mol. The van der Waals surface area contributed by atoms with Gasteiger partial charge in [0.25, 0.3) is 0 Å². The molecule has 1 rings (SSSR count). The predicted molar refractivity (Wildman–Crippen MR) is 58.5 cm³/mol. The Balaban J connectivity index is 2.78. The molecule has 0 spiro atoms. The zero-order valence-electron chi connectivity index (χ0n) is 9.09. The first-order valence-corrected chi connectivity index (χ1v) is 5.16. The molecule has 1 aromatic carbocycles. The quantitative estimate of drug-likeness (QED) is 0.754. The summed E-state index contributed by atoms with van der Waals surface area (Å²) in [5, 5.41) is 2.97. The minimum absolute atomic E-state index is 0.0272. The van der Waals surface area contributed by atoms with Crippen LogP contribution < -0.4 is 5.32 Å². The minimum atomic E-state index is -0.317. The van der Waals surface area contributed by atoms with Gasteiger partial charge in [0.05, 0.1) is 6.04 Å². The lowest BCUT2D eigenvalue weighted by atomic mass is 10.0. The number of benzene rings is 1. The molecule has 0 bridgehead atoms. The fraction of sp³-hybridized carbons (Fsp3) is 0.417. The van der Waals surface area contributed by atoms with E-state index < -0.39 is 0 Å². The molecule has 1 atom stereocenters. The van der Waals surface area contributed by atoms with Crippen LogP contribution >= 0.6 is 0 Å². The lowest BCUT2D eigenvalue weighted by Crippen LogP contribution is -2.33. The summed E-state index contributed by atoms with van der Waals surface area (Å²) in [6.07, 6.45) is 1.74. The Labute approximate surface area is 89.5 Å². The van der Waals surface area contributed by atoms with Crippen molar-refractivity contribution in [2.75, 3.05) is 7.05 Å². The van der Waals surface area contributed by atoms with Gasteiger partial charge in [-0.2, -0.15) is 0 Å². The van der Waals surface area contributed by atoms with Crippen molar-refractivity contribution in [2.45, 2.75) is 25.8 Å². The highest BCUT2D eigenvalue weighted by molar-refractivity contribution is 6.00. The standard InChI is InChI=1S/C12H16FNO/c1-3-4-11(14-2)12(15)9-5-7-10(13)8-6-9/h5-8,11,14H,3-4H2,1-2H3. The van der Waals surface area contributed by atoms with Crippen LogP contribution in [0.5, 0.6) is 0 Å². The number of Topliss-reactive ketones (excluding diaryl/α,β-unsaturated/α-hetero) is 1. The normalized spacial score (nSPS) is 12.5. The molecule has 15 heavy (non-hydrogen) atoms. The van der Waals surface area contributed by atoms with Crippen molar-refractivity contribution in [3.63, 3.8) is 0 Å². The Morgan fingerprint density at radius 3 is 2.47 bits per heavy atom. The topological polar surface area (TPSA) is 29.1 Å². The molecule has 0 amide bonds. The third-order valence-corrected chi connectivity index (χ3v) is 2.37. The third-order valence-electron chi connectivity index (χ3n) is 2.37. The second-order valence-corrected chi connectivity index (χ2v) is 3.50. The fourth-order valence-electron chi connectivity index (χ4n) is 1.51. The van der Waals surface area contributed by atoms with Crippen LogP contribution in [0.1, 0.15) is 30.1 Å². The number of carbonyl (C=O) groups excluding carboxylic acids is 1. The summed E-state index contributed by atoms with van der Waals surface area (Å²) >= 11 is 0. The monoisotopic (exact) mass is 209 g/mol. The highest BCUT2D eigenvalue weighted by Gasteiger charge is 2.16. The summed E-state index contributed by atoms with van der Waals surface area (Å²) in [5.74, 6) is -0.289. The zero-order valence-corrected chi connectivity index (χ0v) is 9.09. The minimum Gasteiger partial charge on any atom is -0.310 e. The molecular formula is C12H16FNO. The highest BCUT2D eigenvalue weighted by atomic mass is 19.1. The summed E-state index contributed by atoms with van der Waals surface area (Å²) in [5.41, 5.74) is 0.559. The molecule has 1 N–H and O–H groups in total. The smallest absolute Gasteiger partial charge is 0.179 e. The molecule has 0 aliphatic rings. The van der Waals surface area contributed by atoms with Crippen LogP contribution in [-0.2, 0) is 0 Å². The van der Waals surface area contributed by atoms with Gasteiger partial charge in [-0.1, -0.05) is 13.3 Å². The number of nitrogens with one attached hydrogen (secondary N) is 1. The Morgan fingerprint density at radius 1 is 1.40 bits per heavy atom. The first-order chi connectivity index (χ1) is 7.19. The summed E-state index contributed by atoms with van der Waals surface area (Å²) in [4.78, 5) is 11.9. The second-order valence-electron chi connectivity index (χ2n) is 3.50. The Kier molecular flexibility index (Phi) is 4.43. The summed E-state index contributed by atoms with van der Waals surface area (Å²) in [7, 11) is 1.77. The molecule has 2 nitrogen and oxygen atoms in total. The van der Waals surface area contributed by atoms with Gasteiger partial charge in [0.1, 0.15) is 5.82 Å². The molecule has 1 aromatic rings. The van der Waals surface area contributed by atoms with Crippen molar-refractivity contribution in [3.05, 3.63) is 35.6 Å². The van der Waals surface area contributed by atoms with E-state index in [0.29, 0.717) is 5.56 Å². The summed E-state index contributed by atoms with van der Waals surface area (Å²) in [6, 6.07) is 5.51. The molecule has 0 fully saturated rings. The molecule has 0 heterocycles. The van der Waals surface area contributed by atoms with E-state index in [9.17, 15) is 9.18 Å². The van der Waals surface area contributed by atoms with Crippen LogP contribution in [0.25, 0.3) is 0 Å². The van der Waals surface area contributed by atoms with Crippen molar-refractivity contribution in [3.8, 4) is 0 Å². The SMILES string of the molecule is CCCC(NC)C(=O)c1ccc(F)cc1. The van der Waals surface area contributed by atoms with Gasteiger partial charge in [-0.25, -0.2) is 4.39 Å². The van der Waals surface area contributed by atoms with Gasteiger partial charge < -0.3 is 5.32 Å². The number of ketones is 1. The first-order valence-electron chi connectivity index (χ1n) is 5.16. The fourth-order valence-corrected chi connectivity index (χ4v) is 1.51. The van der Waals surface area contributed by atoms with Crippen molar-refractivity contribution in [1.82, 2.24) is 5.32 Å². The largest absolute Gasteiger partial charge is 0.310 e. The zero-order chi connectivity index (χ0) is 11.3. The molecule has 0 aliphatic heterocycles. The van der Waals surface area contributed by atoms with Crippen molar-refractivity contribution >= 4 is 5.78 Å². The van der Waals surface area contributed by atoms with Crippen LogP contribution in [0.3, 0.4) is 0 Å². The maximum Gasteiger partial charge on any atom is 0.179 e. The summed E-state index contributed by atoms with van der Waals surface area (Å²) in [6.45, 7) is 2.03. The van der Waals surface area contributed by atoms with E-state index in [4.69, 9.17) is 0 Å². The van der Waals surface area contributed by atoms with E-state index in [1.807, 2.05) is 6.92 Å². The van der Waals surface area contributed by atoms with E-state index in [1.54, 1.807) is 7.05 Å². The average molecular weight is 209 g/mol. The maximum absolute atomic E-state index is 12.7. The van der Waals surface area contributed by atoms with E-state index in [0.717, 1.165) is 12.8 Å². The lowest BCUT2D eigenvalue weighted by molar-refractivity contribution is 0.0942. The number of hydrogen-bond acceptors (Lipinski definition) is 2. The van der Waals surface area contributed by atoms with Crippen molar-refractivity contribution in [1.29, 1.82) is 0 Å². The van der Waals surface area contributed by atoms with Gasteiger partial charge in [0.15, 0.2) is 5.78 Å². The van der Waals surface area contributed by atoms with Crippen molar-refractivity contribution in [2.24, 2.45) is 0 Å². The molecule has 0 aromatic heterocycles. The van der Waals surface area contributed by atoms with Crippen LogP contribution in [0, 0.1) is 5.82 Å². The Morgan fingerprint density at radius 2 is 2.00 bits per heavy atom. The van der Waals surface area contributed by atoms with Crippen molar-refractivity contribution < 1.29 is 9.18 Å². The predicted octanol–water partition coefficient (Wildman–Crippen LogP) is 2.40. The van der Waals surface area contributed by atoms with Gasteiger partial charge in [-0.3, -0.25) is 4.79 Å². The first kappa shape index (κ1) is 11.9. The number of carbonyl (C=O) groups is 1. The van der Waals surface area contributed by atoms with Crippen LogP contribution in [0.15, 0.2) is 24.3 Å². The number of hydrogen-bond donors (Lipinski definition) is 1. The molecule has 3 heteroatoms. The average Bonchev–Trinajstić information content (AvgIpc) is 2.26. The van der Waals surface area contributed by atoms with Gasteiger partial charge in [-0.15, -0.1) is 0 Å². The second kappa shape index (κ2) is 5.61. The molecule has 1 unspecified atom stereocenters. The van der Waals surface area contributed by atoms with Crippen LogP contribution in [0.2, 0.25) is 0 Å². The number of halogens is 1. The van der Waals surface area contributed by atoms with E-state index >= 15 is 0 Å². The highest BCUT2D eigenvalue weighted by Crippen LogP contribution is 2.09. The molecule has 0 saturated carbocycles. The number of rotatable bonds is 5. The lowest BCUT2D eigenvalue weighted by Gasteiger charge is -2.13. The Hall–Kier alpha value is -1.22.